The van der Waals surface area contributed by atoms with Crippen LogP contribution in [0.4, 0.5) is 0 Å². The molecule has 1 saturated carbocycles. The summed E-state index contributed by atoms with van der Waals surface area (Å²) in [7, 11) is 0. The van der Waals surface area contributed by atoms with E-state index >= 15 is 0 Å². The Kier molecular flexibility index (Phi) is 12.8. The maximum absolute atomic E-state index is 11.0. The van der Waals surface area contributed by atoms with Crippen LogP contribution in [0.1, 0.15) is 127 Å². The van der Waals surface area contributed by atoms with Crippen molar-refractivity contribution in [3.8, 4) is 17.2 Å². The molecule has 1 aliphatic carbocycles. The number of rotatable bonds is 16. The number of nitrogens with zero attached hydrogens (tertiary/aromatic N) is 1. The van der Waals surface area contributed by atoms with Gasteiger partial charge in [-0.2, -0.15) is 5.26 Å². The van der Waals surface area contributed by atoms with Crippen molar-refractivity contribution in [1.82, 2.24) is 0 Å². The molecule has 1 aliphatic rings. The number of esters is 1. The molecule has 3 unspecified atom stereocenters. The molecular formula is C36H49NO2. The smallest absolute Gasteiger partial charge is 0.330 e. The van der Waals surface area contributed by atoms with Crippen molar-refractivity contribution in [2.24, 2.45) is 5.41 Å². The number of hydrogen-bond donors (Lipinski definition) is 0. The Morgan fingerprint density at radius 3 is 2.26 bits per heavy atom. The van der Waals surface area contributed by atoms with Crippen LogP contribution in [-0.2, 0) is 9.53 Å². The summed E-state index contributed by atoms with van der Waals surface area (Å²) in [6.07, 6.45) is 17.0. The van der Waals surface area contributed by atoms with E-state index in [9.17, 15) is 10.1 Å². The minimum atomic E-state index is -0.332. The number of benzene rings is 2. The van der Waals surface area contributed by atoms with Gasteiger partial charge in [0.25, 0.3) is 0 Å². The first-order valence-corrected chi connectivity index (χ1v) is 15.4. The Hall–Kier alpha value is -2.86. The molecule has 3 heteroatoms. The molecule has 0 spiro atoms. The molecule has 0 radical (unpaired) electrons. The van der Waals surface area contributed by atoms with Gasteiger partial charge in [0, 0.05) is 6.08 Å². The molecule has 0 heterocycles. The van der Waals surface area contributed by atoms with E-state index in [2.05, 4.69) is 75.0 Å². The summed E-state index contributed by atoms with van der Waals surface area (Å²) in [6.45, 7) is 8.47. The van der Waals surface area contributed by atoms with E-state index in [0.717, 1.165) is 44.9 Å². The first-order valence-electron chi connectivity index (χ1n) is 15.4. The number of nitriles is 1. The number of hydrogen-bond acceptors (Lipinski definition) is 3. The fourth-order valence-electron chi connectivity index (χ4n) is 6.26. The van der Waals surface area contributed by atoms with Gasteiger partial charge in [-0.1, -0.05) is 120 Å². The van der Waals surface area contributed by atoms with Crippen LogP contribution in [0.25, 0.3) is 11.1 Å². The minimum absolute atomic E-state index is 0.165. The molecule has 0 N–H and O–H groups in total. The summed E-state index contributed by atoms with van der Waals surface area (Å²) in [5, 5.41) is 10.2. The highest BCUT2D eigenvalue weighted by molar-refractivity contribution is 5.81. The summed E-state index contributed by atoms with van der Waals surface area (Å²) in [5.74, 6) is 0.770. The largest absolute Gasteiger partial charge is 0.463 e. The van der Waals surface area contributed by atoms with Gasteiger partial charge in [0.05, 0.1) is 18.1 Å². The third kappa shape index (κ3) is 9.68. The van der Waals surface area contributed by atoms with Gasteiger partial charge < -0.3 is 4.74 Å². The highest BCUT2D eigenvalue weighted by atomic mass is 16.5. The second kappa shape index (κ2) is 16.3. The summed E-state index contributed by atoms with van der Waals surface area (Å²) in [6, 6.07) is 21.0. The number of ether oxygens (including phenoxy) is 1. The fourth-order valence-corrected chi connectivity index (χ4v) is 6.26. The normalized spacial score (nSPS) is 19.7. The van der Waals surface area contributed by atoms with Crippen LogP contribution in [0.5, 0.6) is 0 Å². The predicted molar refractivity (Wildman–Crippen MR) is 163 cm³/mol. The van der Waals surface area contributed by atoms with Crippen LogP contribution in [0.3, 0.4) is 0 Å². The molecule has 0 amide bonds. The molecule has 1 fully saturated rings. The predicted octanol–water partition coefficient (Wildman–Crippen LogP) is 10.3. The van der Waals surface area contributed by atoms with Crippen molar-refractivity contribution in [3.63, 3.8) is 0 Å². The van der Waals surface area contributed by atoms with E-state index in [1.165, 1.54) is 73.3 Å². The van der Waals surface area contributed by atoms with Crippen LogP contribution in [0, 0.1) is 16.7 Å². The van der Waals surface area contributed by atoms with Gasteiger partial charge in [-0.15, -0.1) is 0 Å². The van der Waals surface area contributed by atoms with E-state index in [4.69, 9.17) is 4.74 Å². The van der Waals surface area contributed by atoms with Crippen molar-refractivity contribution < 1.29 is 9.53 Å². The second-order valence-corrected chi connectivity index (χ2v) is 11.7. The zero-order valence-corrected chi connectivity index (χ0v) is 24.4. The first kappa shape index (κ1) is 30.7. The maximum Gasteiger partial charge on any atom is 0.330 e. The van der Waals surface area contributed by atoms with E-state index in [1.54, 1.807) is 0 Å². The minimum Gasteiger partial charge on any atom is -0.463 e. The van der Waals surface area contributed by atoms with Gasteiger partial charge in [0.1, 0.15) is 0 Å². The SMILES string of the molecule is C=CC(=O)OCCCCCCCCCC1(C#N)CCCC(c2ccc(-c3ccc(C(C)CCC)cc3)cc2)C1. The summed E-state index contributed by atoms with van der Waals surface area (Å²) >= 11 is 0. The lowest BCUT2D eigenvalue weighted by atomic mass is 9.66. The van der Waals surface area contributed by atoms with Crippen molar-refractivity contribution in [2.75, 3.05) is 6.61 Å². The Labute approximate surface area is 237 Å². The number of carbonyl (C=O) groups is 1. The lowest BCUT2D eigenvalue weighted by Crippen LogP contribution is -2.26. The zero-order valence-electron chi connectivity index (χ0n) is 24.4. The molecular weight excluding hydrogens is 478 g/mol. The molecule has 0 aromatic heterocycles. The van der Waals surface area contributed by atoms with Crippen molar-refractivity contribution in [2.45, 2.75) is 116 Å². The molecule has 0 aliphatic heterocycles. The van der Waals surface area contributed by atoms with Crippen LogP contribution < -0.4 is 0 Å². The van der Waals surface area contributed by atoms with Gasteiger partial charge in [-0.05, 0) is 72.6 Å². The van der Waals surface area contributed by atoms with Crippen molar-refractivity contribution in [3.05, 3.63) is 72.3 Å². The molecule has 3 nitrogen and oxygen atoms in total. The Balaban J connectivity index is 1.43. The Bertz CT molecular complexity index is 1050. The highest BCUT2D eigenvalue weighted by Crippen LogP contribution is 2.47. The van der Waals surface area contributed by atoms with Crippen LogP contribution >= 0.6 is 0 Å². The van der Waals surface area contributed by atoms with Gasteiger partial charge in [0.15, 0.2) is 0 Å². The lowest BCUT2D eigenvalue weighted by Gasteiger charge is -2.36. The maximum atomic E-state index is 11.0. The zero-order chi connectivity index (χ0) is 27.9. The molecule has 3 rings (SSSR count). The van der Waals surface area contributed by atoms with Gasteiger partial charge in [-0.25, -0.2) is 4.79 Å². The third-order valence-corrected chi connectivity index (χ3v) is 8.71. The van der Waals surface area contributed by atoms with Crippen LogP contribution in [-0.4, -0.2) is 12.6 Å². The highest BCUT2D eigenvalue weighted by Gasteiger charge is 2.36. The van der Waals surface area contributed by atoms with Gasteiger partial charge >= 0.3 is 5.97 Å². The van der Waals surface area contributed by atoms with Crippen molar-refractivity contribution in [1.29, 1.82) is 5.26 Å². The molecule has 39 heavy (non-hydrogen) atoms. The monoisotopic (exact) mass is 527 g/mol. The summed E-state index contributed by atoms with van der Waals surface area (Å²) in [5.41, 5.74) is 5.21. The van der Waals surface area contributed by atoms with Crippen LogP contribution in [0.15, 0.2) is 61.2 Å². The lowest BCUT2D eigenvalue weighted by molar-refractivity contribution is -0.137. The topological polar surface area (TPSA) is 50.1 Å². The second-order valence-electron chi connectivity index (χ2n) is 11.7. The van der Waals surface area contributed by atoms with Gasteiger partial charge in [0.2, 0.25) is 0 Å². The number of carbonyl (C=O) groups excluding carboxylic acids is 1. The van der Waals surface area contributed by atoms with E-state index in [-0.39, 0.29) is 11.4 Å². The van der Waals surface area contributed by atoms with Crippen molar-refractivity contribution >= 4 is 5.97 Å². The molecule has 2 aromatic rings. The van der Waals surface area contributed by atoms with E-state index in [0.29, 0.717) is 18.4 Å². The third-order valence-electron chi connectivity index (χ3n) is 8.71. The molecule has 0 saturated heterocycles. The summed E-state index contributed by atoms with van der Waals surface area (Å²) in [4.78, 5) is 11.0. The number of unbranched alkanes of at least 4 members (excludes halogenated alkanes) is 6. The molecule has 2 aromatic carbocycles. The molecule has 0 bridgehead atoms. The Morgan fingerprint density at radius 2 is 1.64 bits per heavy atom. The Morgan fingerprint density at radius 1 is 1.03 bits per heavy atom. The van der Waals surface area contributed by atoms with E-state index in [1.807, 2.05) is 0 Å². The standard InChI is InChI=1S/C36H49NO2/c1-4-14-29(3)30-16-18-31(19-17-30)32-20-22-33(23-21-32)34-15-13-25-36(27-34,28-37)24-11-9-7-6-8-10-12-26-39-35(38)5-2/h5,16-23,29,34H,2,4,6-15,24-27H2,1,3H3. The molecule has 210 valence electrons. The quantitative estimate of drug-likeness (QED) is 0.124. The first-order chi connectivity index (χ1) is 19.0. The van der Waals surface area contributed by atoms with Gasteiger partial charge in [-0.3, -0.25) is 0 Å². The molecule has 3 atom stereocenters. The fraction of sp³-hybridized carbons (Fsp3) is 0.556. The summed E-state index contributed by atoms with van der Waals surface area (Å²) < 4.78 is 5.02. The van der Waals surface area contributed by atoms with E-state index < -0.39 is 0 Å². The van der Waals surface area contributed by atoms with Crippen LogP contribution in [0.2, 0.25) is 0 Å². The average molecular weight is 528 g/mol. The average Bonchev–Trinajstić information content (AvgIpc) is 2.98.